The second-order valence-electron chi connectivity index (χ2n) is 9.88. The molecule has 30 heavy (non-hydrogen) atoms. The summed E-state index contributed by atoms with van der Waals surface area (Å²) in [6.07, 6.45) is 4.13. The quantitative estimate of drug-likeness (QED) is 0.260. The van der Waals surface area contributed by atoms with Crippen LogP contribution >= 0.6 is 33.9 Å². The molecular formula is C24H31IN2O2S. The van der Waals surface area contributed by atoms with Gasteiger partial charge in [0.15, 0.2) is 5.13 Å². The van der Waals surface area contributed by atoms with Crippen LogP contribution < -0.4 is 4.90 Å². The summed E-state index contributed by atoms with van der Waals surface area (Å²) >= 11 is 3.78. The van der Waals surface area contributed by atoms with Gasteiger partial charge in [0.1, 0.15) is 4.61 Å². The van der Waals surface area contributed by atoms with Crippen molar-refractivity contribution in [1.29, 1.82) is 0 Å². The van der Waals surface area contributed by atoms with Gasteiger partial charge >= 0.3 is 5.97 Å². The number of esters is 1. The van der Waals surface area contributed by atoms with Crippen molar-refractivity contribution in [3.63, 3.8) is 0 Å². The number of piperidine rings is 1. The molecule has 162 valence electrons. The lowest BCUT2D eigenvalue weighted by molar-refractivity contribution is -0.146. The molecule has 0 bridgehead atoms. The molecule has 1 saturated heterocycles. The van der Waals surface area contributed by atoms with Crippen molar-refractivity contribution in [3.05, 3.63) is 34.7 Å². The van der Waals surface area contributed by atoms with Crippen molar-refractivity contribution in [1.82, 2.24) is 4.98 Å². The Morgan fingerprint density at radius 3 is 2.50 bits per heavy atom. The van der Waals surface area contributed by atoms with Crippen LogP contribution in [-0.4, -0.2) is 28.7 Å². The second-order valence-corrected chi connectivity index (χ2v) is 11.3. The van der Waals surface area contributed by atoms with Gasteiger partial charge < -0.3 is 9.64 Å². The number of nitrogens with zero attached hydrogens (tertiary/aromatic N) is 2. The molecule has 1 aromatic heterocycles. The summed E-state index contributed by atoms with van der Waals surface area (Å²) in [6, 6.07) is 6.95. The molecule has 0 amide bonds. The molecule has 0 radical (unpaired) electrons. The molecular weight excluding hydrogens is 507 g/mol. The first kappa shape index (κ1) is 22.1. The van der Waals surface area contributed by atoms with Gasteiger partial charge in [-0.2, -0.15) is 0 Å². The predicted molar refractivity (Wildman–Crippen MR) is 133 cm³/mol. The molecule has 0 unspecified atom stereocenters. The highest BCUT2D eigenvalue weighted by atomic mass is 127. The third kappa shape index (κ3) is 4.27. The van der Waals surface area contributed by atoms with Gasteiger partial charge in [0, 0.05) is 24.0 Å². The summed E-state index contributed by atoms with van der Waals surface area (Å²) < 4.78 is 5.61. The van der Waals surface area contributed by atoms with E-state index >= 15 is 0 Å². The first-order chi connectivity index (χ1) is 14.2. The molecule has 6 heteroatoms. The zero-order chi connectivity index (χ0) is 21.5. The van der Waals surface area contributed by atoms with Gasteiger partial charge in [-0.25, -0.2) is 4.98 Å². The van der Waals surface area contributed by atoms with Crippen LogP contribution in [0.25, 0.3) is 11.3 Å². The fourth-order valence-corrected chi connectivity index (χ4v) is 5.96. The van der Waals surface area contributed by atoms with Crippen LogP contribution in [0.4, 0.5) is 5.13 Å². The van der Waals surface area contributed by atoms with Crippen LogP contribution in [0.5, 0.6) is 0 Å². The second kappa shape index (κ2) is 8.41. The number of benzene rings is 1. The third-order valence-electron chi connectivity index (χ3n) is 6.94. The maximum absolute atomic E-state index is 12.0. The molecule has 0 atom stereocenters. The van der Waals surface area contributed by atoms with Crippen LogP contribution in [0.3, 0.4) is 0 Å². The average Bonchev–Trinajstić information content (AvgIpc) is 3.22. The van der Waals surface area contributed by atoms with E-state index in [4.69, 9.17) is 9.72 Å². The zero-order valence-corrected chi connectivity index (χ0v) is 21.3. The molecule has 1 aliphatic heterocycles. The minimum absolute atomic E-state index is 0.0293. The molecule has 2 aromatic rings. The molecule has 1 fully saturated rings. The lowest BCUT2D eigenvalue weighted by Crippen LogP contribution is -2.36. The number of hydrogen-bond acceptors (Lipinski definition) is 5. The summed E-state index contributed by atoms with van der Waals surface area (Å²) in [4.78, 5) is 19.3. The molecule has 0 N–H and O–H groups in total. The lowest BCUT2D eigenvalue weighted by Gasteiger charge is -2.42. The van der Waals surface area contributed by atoms with E-state index in [0.29, 0.717) is 4.61 Å². The Labute approximate surface area is 197 Å². The van der Waals surface area contributed by atoms with Crippen molar-refractivity contribution >= 4 is 45.0 Å². The first-order valence-corrected chi connectivity index (χ1v) is 13.2. The fourth-order valence-electron chi connectivity index (χ4n) is 4.77. The van der Waals surface area contributed by atoms with Crippen molar-refractivity contribution in [2.45, 2.75) is 64.2 Å². The average molecular weight is 538 g/mol. The molecule has 2 aliphatic rings. The largest absolute Gasteiger partial charge is 0.455 e. The summed E-state index contributed by atoms with van der Waals surface area (Å²) in [5.41, 5.74) is 5.66. The summed E-state index contributed by atoms with van der Waals surface area (Å²) in [5.74, 6) is -0.0230. The molecule has 2 heterocycles. The number of thiazole rings is 1. The minimum atomic E-state index is -0.0523. The van der Waals surface area contributed by atoms with E-state index in [1.165, 1.54) is 29.5 Å². The maximum Gasteiger partial charge on any atom is 0.309 e. The van der Waals surface area contributed by atoms with Crippen LogP contribution in [0.1, 0.15) is 64.5 Å². The molecule has 0 spiro atoms. The van der Waals surface area contributed by atoms with Crippen molar-refractivity contribution in [2.75, 3.05) is 22.6 Å². The van der Waals surface area contributed by atoms with E-state index in [2.05, 4.69) is 78.8 Å². The van der Waals surface area contributed by atoms with Gasteiger partial charge in [0.25, 0.3) is 0 Å². The van der Waals surface area contributed by atoms with Crippen molar-refractivity contribution in [3.8, 4) is 11.3 Å². The number of anilines is 1. The topological polar surface area (TPSA) is 42.4 Å². The summed E-state index contributed by atoms with van der Waals surface area (Å²) in [7, 11) is 0. The molecule has 0 saturated carbocycles. The predicted octanol–water partition coefficient (Wildman–Crippen LogP) is 6.31. The molecule has 1 aliphatic carbocycles. The van der Waals surface area contributed by atoms with Crippen molar-refractivity contribution in [2.24, 2.45) is 5.92 Å². The summed E-state index contributed by atoms with van der Waals surface area (Å²) in [5, 5.41) is 3.23. The monoisotopic (exact) mass is 538 g/mol. The number of halogens is 1. The van der Waals surface area contributed by atoms with Crippen LogP contribution in [0, 0.1) is 5.92 Å². The Kier molecular flexibility index (Phi) is 6.19. The smallest absolute Gasteiger partial charge is 0.309 e. The molecule has 4 nitrogen and oxygen atoms in total. The molecule has 4 rings (SSSR count). The Balaban J connectivity index is 1.52. The third-order valence-corrected chi connectivity index (χ3v) is 8.15. The number of alkyl halides is 1. The fraction of sp³-hybridized carbons (Fsp3) is 0.583. The van der Waals surface area contributed by atoms with E-state index in [9.17, 15) is 4.79 Å². The van der Waals surface area contributed by atoms with Gasteiger partial charge in [-0.15, -0.1) is 11.3 Å². The number of aromatic nitrogens is 1. The number of carbonyl (C=O) groups excluding carboxylic acids is 1. The number of carbonyl (C=O) groups is 1. The van der Waals surface area contributed by atoms with E-state index in [0.717, 1.165) is 36.8 Å². The Bertz CT molecular complexity index is 929. The van der Waals surface area contributed by atoms with E-state index in [1.807, 2.05) is 0 Å². The number of hydrogen-bond donors (Lipinski definition) is 0. The SMILES string of the molecule is CC1(C)CCC(C)(C)c2cc(-c3csc(N4CCC(C(=O)OCI)CC4)n3)ccc21. The van der Waals surface area contributed by atoms with Gasteiger partial charge in [-0.1, -0.05) is 39.8 Å². The Morgan fingerprint density at radius 1 is 1.17 bits per heavy atom. The van der Waals surface area contributed by atoms with Crippen LogP contribution in [0.15, 0.2) is 23.6 Å². The van der Waals surface area contributed by atoms with Gasteiger partial charge in [0.05, 0.1) is 11.6 Å². The van der Waals surface area contributed by atoms with Gasteiger partial charge in [0.2, 0.25) is 0 Å². The summed E-state index contributed by atoms with van der Waals surface area (Å²) in [6.45, 7) is 11.2. The van der Waals surface area contributed by atoms with Gasteiger partial charge in [-0.05, 0) is 76.3 Å². The normalized spacial score (nSPS) is 20.6. The van der Waals surface area contributed by atoms with Crippen LogP contribution in [0.2, 0.25) is 0 Å². The highest BCUT2D eigenvalue weighted by Crippen LogP contribution is 2.47. The van der Waals surface area contributed by atoms with Crippen molar-refractivity contribution < 1.29 is 9.53 Å². The maximum atomic E-state index is 12.0. The minimum Gasteiger partial charge on any atom is -0.455 e. The zero-order valence-electron chi connectivity index (χ0n) is 18.3. The van der Waals surface area contributed by atoms with E-state index in [1.54, 1.807) is 11.3 Å². The Hall–Kier alpha value is -1.15. The Morgan fingerprint density at radius 2 is 1.83 bits per heavy atom. The highest BCUT2D eigenvalue weighted by Gasteiger charge is 2.37. The van der Waals surface area contributed by atoms with E-state index in [-0.39, 0.29) is 22.7 Å². The van der Waals surface area contributed by atoms with Gasteiger partial charge in [-0.3, -0.25) is 4.79 Å². The number of ether oxygens (including phenoxy) is 1. The standard InChI is InChI=1S/C24H31IN2O2S/c1-23(2)9-10-24(3,4)19-13-17(5-6-18(19)23)20-14-30-22(26-20)27-11-7-16(8-12-27)21(28)29-15-25/h5-6,13-14,16H,7-12,15H2,1-4H3. The lowest BCUT2D eigenvalue weighted by atomic mass is 9.63. The molecule has 1 aromatic carbocycles. The number of fused-ring (bicyclic) bond motifs is 1. The van der Waals surface area contributed by atoms with E-state index < -0.39 is 0 Å². The highest BCUT2D eigenvalue weighted by molar-refractivity contribution is 14.1. The van der Waals surface area contributed by atoms with Crippen LogP contribution in [-0.2, 0) is 20.4 Å². The number of rotatable bonds is 4. The first-order valence-electron chi connectivity index (χ1n) is 10.8.